The molecule has 96 valence electrons. The van der Waals surface area contributed by atoms with Crippen LogP contribution in [0.1, 0.15) is 18.7 Å². The van der Waals surface area contributed by atoms with E-state index in [0.29, 0.717) is 11.8 Å². The van der Waals surface area contributed by atoms with Crippen LogP contribution in [0.15, 0.2) is 12.4 Å². The summed E-state index contributed by atoms with van der Waals surface area (Å²) in [4.78, 5) is 6.75. The van der Waals surface area contributed by atoms with Crippen LogP contribution in [0.25, 0.3) is 5.65 Å². The molecular weight excluding hydrogens is 250 g/mol. The number of anilines is 1. The van der Waals surface area contributed by atoms with Crippen LogP contribution in [-0.2, 0) is 0 Å². The number of hydrogen-bond donors (Lipinski definition) is 0. The molecule has 1 aliphatic rings. The molecule has 0 aromatic carbocycles. The number of nitrogens with zero attached hydrogens (tertiary/aromatic N) is 5. The fourth-order valence-electron chi connectivity index (χ4n) is 2.54. The second kappa shape index (κ2) is 4.72. The zero-order valence-corrected chi connectivity index (χ0v) is 11.1. The van der Waals surface area contributed by atoms with Gasteiger partial charge in [-0.3, -0.25) is 4.40 Å². The molecule has 0 saturated carbocycles. The SMILES string of the molecule is Cc1nnc2c(N3CCCC(CCl)C3)nccn12. The van der Waals surface area contributed by atoms with Gasteiger partial charge in [-0.25, -0.2) is 4.98 Å². The smallest absolute Gasteiger partial charge is 0.203 e. The van der Waals surface area contributed by atoms with Crippen molar-refractivity contribution in [3.63, 3.8) is 0 Å². The minimum atomic E-state index is 0.548. The maximum absolute atomic E-state index is 5.98. The van der Waals surface area contributed by atoms with Gasteiger partial charge in [0, 0.05) is 31.4 Å². The first-order chi connectivity index (χ1) is 8.79. The van der Waals surface area contributed by atoms with Gasteiger partial charge in [0.15, 0.2) is 5.82 Å². The fraction of sp³-hybridized carbons (Fsp3) is 0.583. The number of hydrogen-bond acceptors (Lipinski definition) is 4. The van der Waals surface area contributed by atoms with Gasteiger partial charge in [-0.2, -0.15) is 0 Å². The summed E-state index contributed by atoms with van der Waals surface area (Å²) in [7, 11) is 0. The number of aryl methyl sites for hydroxylation is 1. The molecule has 0 spiro atoms. The van der Waals surface area contributed by atoms with Crippen molar-refractivity contribution in [3.8, 4) is 0 Å². The zero-order chi connectivity index (χ0) is 12.5. The first-order valence-corrected chi connectivity index (χ1v) is 6.80. The van der Waals surface area contributed by atoms with E-state index in [2.05, 4.69) is 20.1 Å². The van der Waals surface area contributed by atoms with Gasteiger partial charge < -0.3 is 4.90 Å². The summed E-state index contributed by atoms with van der Waals surface area (Å²) in [6, 6.07) is 0. The Morgan fingerprint density at radius 2 is 2.33 bits per heavy atom. The quantitative estimate of drug-likeness (QED) is 0.778. The molecule has 18 heavy (non-hydrogen) atoms. The van der Waals surface area contributed by atoms with Crippen LogP contribution < -0.4 is 4.90 Å². The van der Waals surface area contributed by atoms with Crippen LogP contribution in [0.2, 0.25) is 0 Å². The highest BCUT2D eigenvalue weighted by Crippen LogP contribution is 2.24. The number of rotatable bonds is 2. The lowest BCUT2D eigenvalue weighted by Crippen LogP contribution is -2.36. The predicted octanol–water partition coefficient (Wildman–Crippen LogP) is 1.89. The molecule has 0 radical (unpaired) electrons. The van der Waals surface area contributed by atoms with Crippen LogP contribution in [0, 0.1) is 12.8 Å². The summed E-state index contributed by atoms with van der Waals surface area (Å²) in [5.41, 5.74) is 0.838. The van der Waals surface area contributed by atoms with E-state index in [9.17, 15) is 0 Å². The van der Waals surface area contributed by atoms with Crippen LogP contribution in [-0.4, -0.2) is 38.6 Å². The largest absolute Gasteiger partial charge is 0.353 e. The van der Waals surface area contributed by atoms with E-state index < -0.39 is 0 Å². The zero-order valence-electron chi connectivity index (χ0n) is 10.4. The normalized spacial score (nSPS) is 20.6. The van der Waals surface area contributed by atoms with Crippen molar-refractivity contribution >= 4 is 23.1 Å². The number of piperidine rings is 1. The third-order valence-electron chi connectivity index (χ3n) is 3.52. The van der Waals surface area contributed by atoms with E-state index in [1.807, 2.05) is 23.7 Å². The molecule has 3 heterocycles. The lowest BCUT2D eigenvalue weighted by Gasteiger charge is -2.32. The fourth-order valence-corrected chi connectivity index (χ4v) is 2.79. The Morgan fingerprint density at radius 1 is 1.44 bits per heavy atom. The van der Waals surface area contributed by atoms with Gasteiger partial charge >= 0.3 is 0 Å². The molecule has 0 bridgehead atoms. The minimum absolute atomic E-state index is 0.548. The second-order valence-corrected chi connectivity index (χ2v) is 5.11. The molecule has 2 aromatic rings. The van der Waals surface area contributed by atoms with Crippen molar-refractivity contribution in [2.45, 2.75) is 19.8 Å². The molecule has 1 unspecified atom stereocenters. The van der Waals surface area contributed by atoms with Crippen LogP contribution in [0.4, 0.5) is 5.82 Å². The van der Waals surface area contributed by atoms with Crippen LogP contribution in [0.3, 0.4) is 0 Å². The lowest BCUT2D eigenvalue weighted by atomic mass is 10.0. The average Bonchev–Trinajstić information content (AvgIpc) is 2.81. The van der Waals surface area contributed by atoms with E-state index in [1.165, 1.54) is 6.42 Å². The third-order valence-corrected chi connectivity index (χ3v) is 3.95. The van der Waals surface area contributed by atoms with Gasteiger partial charge in [0.2, 0.25) is 5.65 Å². The standard InChI is InChI=1S/C12H16ClN5/c1-9-15-16-12-11(14-4-6-18(9)12)17-5-2-3-10(7-13)8-17/h4,6,10H,2-3,5,7-8H2,1H3. The van der Waals surface area contributed by atoms with E-state index in [0.717, 1.165) is 36.8 Å². The molecule has 0 N–H and O–H groups in total. The first-order valence-electron chi connectivity index (χ1n) is 6.27. The highest BCUT2D eigenvalue weighted by atomic mass is 35.5. The monoisotopic (exact) mass is 265 g/mol. The lowest BCUT2D eigenvalue weighted by molar-refractivity contribution is 0.449. The number of alkyl halides is 1. The number of halogens is 1. The van der Waals surface area contributed by atoms with E-state index in [1.54, 1.807) is 0 Å². The second-order valence-electron chi connectivity index (χ2n) is 4.80. The van der Waals surface area contributed by atoms with Crippen molar-refractivity contribution in [3.05, 3.63) is 18.2 Å². The maximum atomic E-state index is 5.98. The van der Waals surface area contributed by atoms with Gasteiger partial charge in [0.25, 0.3) is 0 Å². The summed E-state index contributed by atoms with van der Waals surface area (Å²) in [6.07, 6.45) is 6.07. The Hall–Kier alpha value is -1.36. The molecule has 6 heteroatoms. The van der Waals surface area contributed by atoms with Gasteiger partial charge in [0.05, 0.1) is 0 Å². The summed E-state index contributed by atoms with van der Waals surface area (Å²) in [6.45, 7) is 3.93. The first kappa shape index (κ1) is 11.7. The summed E-state index contributed by atoms with van der Waals surface area (Å²) < 4.78 is 1.98. The topological polar surface area (TPSA) is 46.3 Å². The van der Waals surface area contributed by atoms with Crippen molar-refractivity contribution < 1.29 is 0 Å². The summed E-state index contributed by atoms with van der Waals surface area (Å²) in [5.74, 6) is 3.07. The predicted molar refractivity (Wildman–Crippen MR) is 71.2 cm³/mol. The molecule has 1 saturated heterocycles. The average molecular weight is 266 g/mol. The van der Waals surface area contributed by atoms with E-state index >= 15 is 0 Å². The number of fused-ring (bicyclic) bond motifs is 1. The van der Waals surface area contributed by atoms with E-state index in [-0.39, 0.29) is 0 Å². The third kappa shape index (κ3) is 1.92. The molecule has 3 rings (SSSR count). The number of aromatic nitrogens is 4. The molecule has 1 atom stereocenters. The van der Waals surface area contributed by atoms with Crippen molar-refractivity contribution in [1.29, 1.82) is 0 Å². The van der Waals surface area contributed by atoms with Crippen LogP contribution in [0.5, 0.6) is 0 Å². The van der Waals surface area contributed by atoms with Crippen molar-refractivity contribution in [2.75, 3.05) is 23.9 Å². The Balaban J connectivity index is 1.98. The molecule has 1 fully saturated rings. The Kier molecular flexibility index (Phi) is 3.07. The Labute approximate surface area is 111 Å². The molecule has 0 amide bonds. The molecule has 5 nitrogen and oxygen atoms in total. The van der Waals surface area contributed by atoms with Gasteiger partial charge in [0.1, 0.15) is 5.82 Å². The molecule has 1 aliphatic heterocycles. The molecular formula is C12H16ClN5. The van der Waals surface area contributed by atoms with Gasteiger partial charge in [-0.05, 0) is 25.7 Å². The van der Waals surface area contributed by atoms with E-state index in [4.69, 9.17) is 11.6 Å². The Bertz CT molecular complexity index is 552. The van der Waals surface area contributed by atoms with Crippen molar-refractivity contribution in [1.82, 2.24) is 19.6 Å². The molecule has 2 aromatic heterocycles. The van der Waals surface area contributed by atoms with Gasteiger partial charge in [-0.15, -0.1) is 21.8 Å². The Morgan fingerprint density at radius 3 is 3.17 bits per heavy atom. The highest BCUT2D eigenvalue weighted by Gasteiger charge is 2.22. The van der Waals surface area contributed by atoms with Crippen molar-refractivity contribution in [2.24, 2.45) is 5.92 Å². The van der Waals surface area contributed by atoms with Gasteiger partial charge in [-0.1, -0.05) is 0 Å². The maximum Gasteiger partial charge on any atom is 0.203 e. The summed E-state index contributed by atoms with van der Waals surface area (Å²) in [5, 5.41) is 8.33. The van der Waals surface area contributed by atoms with Crippen LogP contribution >= 0.6 is 11.6 Å². The minimum Gasteiger partial charge on any atom is -0.353 e. The molecule has 0 aliphatic carbocycles. The summed E-state index contributed by atoms with van der Waals surface area (Å²) >= 11 is 5.98. The highest BCUT2D eigenvalue weighted by molar-refractivity contribution is 6.18.